The molecule has 22 heavy (non-hydrogen) atoms. The van der Waals surface area contributed by atoms with E-state index in [1.807, 2.05) is 18.5 Å². The average molecular weight is 289 g/mol. The maximum Gasteiger partial charge on any atom is 0.126 e. The Morgan fingerprint density at radius 1 is 1.09 bits per heavy atom. The Morgan fingerprint density at radius 3 is 2.77 bits per heavy atom. The van der Waals surface area contributed by atoms with Crippen LogP contribution in [0.1, 0.15) is 24.8 Å². The number of para-hydroxylation sites is 1. The van der Waals surface area contributed by atoms with Crippen molar-refractivity contribution < 1.29 is 0 Å². The summed E-state index contributed by atoms with van der Waals surface area (Å²) < 4.78 is 0. The maximum atomic E-state index is 6.08. The highest BCUT2D eigenvalue weighted by atomic mass is 14.8. The van der Waals surface area contributed by atoms with Crippen LogP contribution in [0.3, 0.4) is 0 Å². The molecule has 0 bridgehead atoms. The molecule has 1 aromatic carbocycles. The van der Waals surface area contributed by atoms with Crippen LogP contribution in [0.25, 0.3) is 22.0 Å². The number of pyridine rings is 2. The highest BCUT2D eigenvalue weighted by Gasteiger charge is 2.19. The lowest BCUT2D eigenvalue weighted by Gasteiger charge is -2.25. The molecule has 0 radical (unpaired) electrons. The Bertz CT molecular complexity index is 817. The summed E-state index contributed by atoms with van der Waals surface area (Å²) in [5.41, 5.74) is 10.5. The Morgan fingerprint density at radius 2 is 1.95 bits per heavy atom. The normalized spacial score (nSPS) is 14.9. The van der Waals surface area contributed by atoms with Crippen LogP contribution in [-0.4, -0.2) is 9.97 Å². The highest BCUT2D eigenvalue weighted by molar-refractivity contribution is 5.93. The summed E-state index contributed by atoms with van der Waals surface area (Å²) in [7, 11) is 0. The minimum Gasteiger partial charge on any atom is -0.383 e. The fourth-order valence-corrected chi connectivity index (χ4v) is 3.18. The molecule has 1 aliphatic carbocycles. The van der Waals surface area contributed by atoms with Crippen molar-refractivity contribution in [3.63, 3.8) is 0 Å². The smallest absolute Gasteiger partial charge is 0.126 e. The molecule has 0 amide bonds. The van der Waals surface area contributed by atoms with Gasteiger partial charge < -0.3 is 5.73 Å². The zero-order valence-electron chi connectivity index (χ0n) is 12.5. The van der Waals surface area contributed by atoms with Gasteiger partial charge in [0.1, 0.15) is 5.82 Å². The van der Waals surface area contributed by atoms with Crippen LogP contribution in [0.4, 0.5) is 5.82 Å². The average Bonchev–Trinajstić information content (AvgIpc) is 2.52. The van der Waals surface area contributed by atoms with Crippen molar-refractivity contribution >= 4 is 16.7 Å². The number of nitrogens with two attached hydrogens (primary N) is 1. The summed E-state index contributed by atoms with van der Waals surface area (Å²) in [6, 6.07) is 12.5. The quantitative estimate of drug-likeness (QED) is 0.785. The minimum absolute atomic E-state index is 0.670. The van der Waals surface area contributed by atoms with Crippen LogP contribution in [0.2, 0.25) is 0 Å². The second-order valence-electron chi connectivity index (χ2n) is 6.15. The third-order valence-corrected chi connectivity index (χ3v) is 4.68. The van der Waals surface area contributed by atoms with Crippen molar-refractivity contribution in [3.05, 3.63) is 54.4 Å². The van der Waals surface area contributed by atoms with E-state index >= 15 is 0 Å². The lowest BCUT2D eigenvalue weighted by molar-refractivity contribution is 0.314. The van der Waals surface area contributed by atoms with Crippen LogP contribution in [-0.2, 0) is 6.42 Å². The topological polar surface area (TPSA) is 51.8 Å². The standard InChI is InChI=1S/C19H19N3/c20-19-15(10-13-4-1-5-13)11-16(12-22-19)17-8-2-6-14-7-3-9-21-18(14)17/h2-3,6-9,11-13H,1,4-5,10H2,(H2,20,22). The molecule has 3 nitrogen and oxygen atoms in total. The van der Waals surface area contributed by atoms with E-state index in [-0.39, 0.29) is 0 Å². The second-order valence-corrected chi connectivity index (χ2v) is 6.15. The molecule has 1 fully saturated rings. The number of hydrogen-bond acceptors (Lipinski definition) is 3. The second kappa shape index (κ2) is 5.41. The van der Waals surface area contributed by atoms with Crippen LogP contribution in [0.15, 0.2) is 48.8 Å². The molecular formula is C19H19N3. The molecule has 2 N–H and O–H groups in total. The monoisotopic (exact) mass is 289 g/mol. The van der Waals surface area contributed by atoms with E-state index < -0.39 is 0 Å². The van der Waals surface area contributed by atoms with Gasteiger partial charge in [0, 0.05) is 28.9 Å². The molecule has 3 aromatic rings. The van der Waals surface area contributed by atoms with Gasteiger partial charge in [-0.1, -0.05) is 43.5 Å². The van der Waals surface area contributed by atoms with Crippen molar-refractivity contribution in [1.29, 1.82) is 0 Å². The number of anilines is 1. The van der Waals surface area contributed by atoms with Crippen LogP contribution in [0.5, 0.6) is 0 Å². The number of nitrogens with zero attached hydrogens (tertiary/aromatic N) is 2. The molecule has 4 rings (SSSR count). The van der Waals surface area contributed by atoms with Crippen molar-refractivity contribution in [1.82, 2.24) is 9.97 Å². The van der Waals surface area contributed by atoms with Crippen LogP contribution >= 0.6 is 0 Å². The molecule has 1 saturated carbocycles. The van der Waals surface area contributed by atoms with Gasteiger partial charge in [-0.15, -0.1) is 0 Å². The molecule has 0 aliphatic heterocycles. The molecule has 0 spiro atoms. The van der Waals surface area contributed by atoms with Crippen molar-refractivity contribution in [2.75, 3.05) is 5.73 Å². The van der Waals surface area contributed by atoms with Gasteiger partial charge in [0.15, 0.2) is 0 Å². The summed E-state index contributed by atoms with van der Waals surface area (Å²) in [6.07, 6.45) is 8.74. The largest absolute Gasteiger partial charge is 0.383 e. The SMILES string of the molecule is Nc1ncc(-c2cccc3cccnc23)cc1CC1CCC1. The van der Waals surface area contributed by atoms with Gasteiger partial charge >= 0.3 is 0 Å². The zero-order valence-corrected chi connectivity index (χ0v) is 12.5. The molecule has 1 aliphatic rings. The Kier molecular flexibility index (Phi) is 3.26. The number of nitrogen functional groups attached to an aromatic ring is 1. The first-order chi connectivity index (χ1) is 10.8. The first kappa shape index (κ1) is 13.3. The fraction of sp³-hybridized carbons (Fsp3) is 0.263. The Hall–Kier alpha value is -2.42. The summed E-state index contributed by atoms with van der Waals surface area (Å²) in [6.45, 7) is 0. The molecule has 3 heteroatoms. The summed E-state index contributed by atoms with van der Waals surface area (Å²) in [4.78, 5) is 8.96. The summed E-state index contributed by atoms with van der Waals surface area (Å²) in [5.74, 6) is 1.45. The van der Waals surface area contributed by atoms with Crippen molar-refractivity contribution in [3.8, 4) is 11.1 Å². The fourth-order valence-electron chi connectivity index (χ4n) is 3.18. The van der Waals surface area contributed by atoms with Gasteiger partial charge in [-0.05, 0) is 30.0 Å². The number of aromatic nitrogens is 2. The van der Waals surface area contributed by atoms with Gasteiger partial charge in [0.05, 0.1) is 5.52 Å². The Labute approximate surface area is 130 Å². The zero-order chi connectivity index (χ0) is 14.9. The highest BCUT2D eigenvalue weighted by Crippen LogP contribution is 2.33. The van der Waals surface area contributed by atoms with E-state index in [0.717, 1.165) is 34.4 Å². The first-order valence-corrected chi connectivity index (χ1v) is 7.90. The van der Waals surface area contributed by atoms with E-state index in [2.05, 4.69) is 40.3 Å². The summed E-state index contributed by atoms with van der Waals surface area (Å²) in [5, 5.41) is 1.15. The number of rotatable bonds is 3. The van der Waals surface area contributed by atoms with E-state index in [9.17, 15) is 0 Å². The predicted molar refractivity (Wildman–Crippen MR) is 90.4 cm³/mol. The molecule has 0 atom stereocenters. The Balaban J connectivity index is 1.79. The van der Waals surface area contributed by atoms with Gasteiger partial charge in [-0.2, -0.15) is 0 Å². The predicted octanol–water partition coefficient (Wildman–Crippen LogP) is 4.22. The van der Waals surface area contributed by atoms with Crippen molar-refractivity contribution in [2.45, 2.75) is 25.7 Å². The third kappa shape index (κ3) is 2.33. The maximum absolute atomic E-state index is 6.08. The van der Waals surface area contributed by atoms with Crippen LogP contribution in [0, 0.1) is 5.92 Å². The number of hydrogen-bond donors (Lipinski definition) is 1. The molecule has 110 valence electrons. The van der Waals surface area contributed by atoms with Gasteiger partial charge in [0.25, 0.3) is 0 Å². The van der Waals surface area contributed by atoms with E-state index in [1.165, 1.54) is 24.8 Å². The van der Waals surface area contributed by atoms with Gasteiger partial charge in [0.2, 0.25) is 0 Å². The lowest BCUT2D eigenvalue weighted by atomic mass is 9.81. The number of fused-ring (bicyclic) bond motifs is 1. The van der Waals surface area contributed by atoms with E-state index in [4.69, 9.17) is 5.73 Å². The number of benzene rings is 1. The summed E-state index contributed by atoms with van der Waals surface area (Å²) >= 11 is 0. The van der Waals surface area contributed by atoms with E-state index in [0.29, 0.717) is 5.82 Å². The molecule has 2 aromatic heterocycles. The molecule has 0 saturated heterocycles. The van der Waals surface area contributed by atoms with Gasteiger partial charge in [-0.25, -0.2) is 4.98 Å². The molecule has 2 heterocycles. The van der Waals surface area contributed by atoms with Gasteiger partial charge in [-0.3, -0.25) is 4.98 Å². The molecular weight excluding hydrogens is 270 g/mol. The molecule has 0 unspecified atom stereocenters. The van der Waals surface area contributed by atoms with Crippen LogP contribution < -0.4 is 5.73 Å². The van der Waals surface area contributed by atoms with Crippen molar-refractivity contribution in [2.24, 2.45) is 5.92 Å². The third-order valence-electron chi connectivity index (χ3n) is 4.68. The first-order valence-electron chi connectivity index (χ1n) is 7.90. The van der Waals surface area contributed by atoms with E-state index in [1.54, 1.807) is 0 Å². The lowest BCUT2D eigenvalue weighted by Crippen LogP contribution is -2.15. The minimum atomic E-state index is 0.670.